The summed E-state index contributed by atoms with van der Waals surface area (Å²) in [5.74, 6) is -1.51. The monoisotopic (exact) mass is 505 g/mol. The van der Waals surface area contributed by atoms with Crippen molar-refractivity contribution < 1.29 is 29.3 Å². The van der Waals surface area contributed by atoms with Crippen molar-refractivity contribution in [2.75, 3.05) is 7.11 Å². The van der Waals surface area contributed by atoms with Gasteiger partial charge in [0.2, 0.25) is 0 Å². The number of thiazole rings is 1. The maximum atomic E-state index is 13.1. The van der Waals surface area contributed by atoms with Gasteiger partial charge >= 0.3 is 5.97 Å². The van der Waals surface area contributed by atoms with Gasteiger partial charge in [-0.25, -0.2) is 4.98 Å². The van der Waals surface area contributed by atoms with E-state index in [0.717, 1.165) is 41.1 Å². The standard InChI is InChI=1S/C27H39NO6S/c1-15-8-7-9-19-13-27(5,26(32)17(3)24(19)31)22(29)12-23(30)34-25(21(10-15)33-6)16(2)11-20-14-35-18(4)28-20/h10-11,14,17,19,21-22,24-25,29,31H,7-9,12-13H2,1-6H3/b15-10-,16-11+/t17-,19-,21?,22+,24-,25-,27+/m1/s1. The molecule has 1 aliphatic carbocycles. The molecule has 7 atom stereocenters. The summed E-state index contributed by atoms with van der Waals surface area (Å²) in [6.45, 7) is 9.26. The number of aliphatic hydroxyl groups excluding tert-OH is 2. The summed E-state index contributed by atoms with van der Waals surface area (Å²) in [5, 5.41) is 24.7. The lowest BCUT2D eigenvalue weighted by atomic mass is 9.60. The minimum Gasteiger partial charge on any atom is -0.455 e. The molecule has 2 heterocycles. The molecule has 2 N–H and O–H groups in total. The number of ether oxygens (including phenoxy) is 2. The second kappa shape index (κ2) is 11.5. The van der Waals surface area contributed by atoms with Gasteiger partial charge in [0, 0.05) is 18.4 Å². The fourth-order valence-corrected chi connectivity index (χ4v) is 6.03. The van der Waals surface area contributed by atoms with Gasteiger partial charge in [-0.3, -0.25) is 9.59 Å². The molecule has 0 spiro atoms. The molecule has 7 nitrogen and oxygen atoms in total. The summed E-state index contributed by atoms with van der Waals surface area (Å²) in [4.78, 5) is 30.7. The smallest absolute Gasteiger partial charge is 0.309 e. The number of fused-ring (bicyclic) bond motifs is 2. The maximum Gasteiger partial charge on any atom is 0.309 e. The summed E-state index contributed by atoms with van der Waals surface area (Å²) >= 11 is 1.54. The number of hydrogen-bond acceptors (Lipinski definition) is 8. The summed E-state index contributed by atoms with van der Waals surface area (Å²) in [7, 11) is 1.58. The van der Waals surface area contributed by atoms with E-state index < -0.39 is 41.7 Å². The molecular weight excluding hydrogens is 466 g/mol. The van der Waals surface area contributed by atoms with Crippen LogP contribution in [0, 0.1) is 24.2 Å². The van der Waals surface area contributed by atoms with E-state index in [0.29, 0.717) is 6.42 Å². The summed E-state index contributed by atoms with van der Waals surface area (Å²) in [6.07, 6.45) is 3.10. The van der Waals surface area contributed by atoms with Gasteiger partial charge in [-0.1, -0.05) is 25.5 Å². The Bertz CT molecular complexity index is 984. The normalized spacial score (nSPS) is 37.3. The lowest BCUT2D eigenvalue weighted by Crippen LogP contribution is -2.54. The molecule has 1 saturated carbocycles. The number of nitrogens with zero attached hydrogens (tertiary/aromatic N) is 1. The molecule has 2 bridgehead atoms. The van der Waals surface area contributed by atoms with E-state index in [9.17, 15) is 19.8 Å². The Balaban J connectivity index is 1.96. The third kappa shape index (κ3) is 6.28. The molecule has 8 heteroatoms. The van der Waals surface area contributed by atoms with Crippen LogP contribution in [0.5, 0.6) is 0 Å². The van der Waals surface area contributed by atoms with Gasteiger partial charge in [0.1, 0.15) is 11.9 Å². The highest BCUT2D eigenvalue weighted by molar-refractivity contribution is 7.09. The SMILES string of the molecule is COC1/C=C(/C)CCC[C@@H]2C[C@](C)(C(=O)[C@H](C)[C@H]2O)[C@@H](O)CC(=O)O[C@@H]1/C(C)=C/c1csc(C)n1. The average molecular weight is 506 g/mol. The van der Waals surface area contributed by atoms with Crippen molar-refractivity contribution >= 4 is 29.2 Å². The van der Waals surface area contributed by atoms with Crippen LogP contribution in [0.25, 0.3) is 6.08 Å². The second-order valence-electron chi connectivity index (χ2n) is 10.4. The summed E-state index contributed by atoms with van der Waals surface area (Å²) in [6, 6.07) is 0. The summed E-state index contributed by atoms with van der Waals surface area (Å²) in [5.41, 5.74) is 1.55. The molecule has 1 unspecified atom stereocenters. The number of carbonyl (C=O) groups is 2. The Kier molecular flexibility index (Phi) is 9.07. The Morgan fingerprint density at radius 3 is 2.66 bits per heavy atom. The van der Waals surface area contributed by atoms with Crippen LogP contribution in [0.2, 0.25) is 0 Å². The molecule has 0 amide bonds. The molecule has 194 valence electrons. The molecule has 1 aromatic heterocycles. The molecule has 0 aromatic carbocycles. The van der Waals surface area contributed by atoms with Crippen LogP contribution in [0.4, 0.5) is 0 Å². The van der Waals surface area contributed by atoms with Crippen LogP contribution >= 0.6 is 11.3 Å². The third-order valence-corrected chi connectivity index (χ3v) is 8.43. The van der Waals surface area contributed by atoms with E-state index in [1.54, 1.807) is 32.3 Å². The number of aliphatic hydroxyl groups is 2. The van der Waals surface area contributed by atoms with Gasteiger partial charge in [-0.2, -0.15) is 0 Å². The molecule has 1 aromatic rings. The number of allylic oxidation sites excluding steroid dienone is 1. The number of Topliss-reactive ketones (excluding diaryl/α,β-unsaturated/α-hetero) is 1. The maximum absolute atomic E-state index is 13.1. The Morgan fingerprint density at radius 1 is 1.31 bits per heavy atom. The van der Waals surface area contributed by atoms with Gasteiger partial charge in [0.25, 0.3) is 0 Å². The van der Waals surface area contributed by atoms with Crippen molar-refractivity contribution in [3.63, 3.8) is 0 Å². The van der Waals surface area contributed by atoms with Crippen LogP contribution in [0.3, 0.4) is 0 Å². The lowest BCUT2D eigenvalue weighted by Gasteiger charge is -2.45. The predicted molar refractivity (Wildman–Crippen MR) is 136 cm³/mol. The first-order chi connectivity index (χ1) is 16.5. The van der Waals surface area contributed by atoms with Crippen LogP contribution < -0.4 is 0 Å². The number of aryl methyl sites for hydroxylation is 1. The molecular formula is C27H39NO6S. The van der Waals surface area contributed by atoms with Crippen LogP contribution in [-0.4, -0.2) is 58.5 Å². The van der Waals surface area contributed by atoms with Gasteiger partial charge < -0.3 is 19.7 Å². The number of cyclic esters (lactones) is 1. The minimum atomic E-state index is -1.20. The predicted octanol–water partition coefficient (Wildman–Crippen LogP) is 4.26. The Labute approximate surface area is 212 Å². The highest BCUT2D eigenvalue weighted by atomic mass is 32.1. The highest BCUT2D eigenvalue weighted by Crippen LogP contribution is 2.45. The fraction of sp³-hybridized carbons (Fsp3) is 0.667. The van der Waals surface area contributed by atoms with E-state index in [1.807, 2.05) is 38.3 Å². The number of esters is 1. The Morgan fingerprint density at radius 2 is 2.03 bits per heavy atom. The van der Waals surface area contributed by atoms with Crippen molar-refractivity contribution in [3.8, 4) is 0 Å². The molecule has 1 aliphatic heterocycles. The lowest BCUT2D eigenvalue weighted by molar-refractivity contribution is -0.163. The average Bonchev–Trinajstić information content (AvgIpc) is 3.21. The van der Waals surface area contributed by atoms with Crippen molar-refractivity contribution in [2.24, 2.45) is 17.3 Å². The van der Waals surface area contributed by atoms with Gasteiger partial charge in [0.15, 0.2) is 6.10 Å². The molecule has 0 radical (unpaired) electrons. The molecule has 0 saturated heterocycles. The van der Waals surface area contributed by atoms with Crippen molar-refractivity contribution in [3.05, 3.63) is 33.3 Å². The zero-order chi connectivity index (χ0) is 25.9. The van der Waals surface area contributed by atoms with E-state index >= 15 is 0 Å². The first kappa shape index (κ1) is 27.7. The minimum absolute atomic E-state index is 0.119. The zero-order valence-corrected chi connectivity index (χ0v) is 22.4. The number of ketones is 1. The second-order valence-corrected chi connectivity index (χ2v) is 11.5. The van der Waals surface area contributed by atoms with E-state index in [-0.39, 0.29) is 18.1 Å². The van der Waals surface area contributed by atoms with Crippen LogP contribution in [0.15, 0.2) is 22.6 Å². The number of rotatable bonds is 3. The number of aromatic nitrogens is 1. The first-order valence-corrected chi connectivity index (χ1v) is 13.2. The zero-order valence-electron chi connectivity index (χ0n) is 21.6. The molecule has 35 heavy (non-hydrogen) atoms. The van der Waals surface area contributed by atoms with Gasteiger partial charge in [-0.15, -0.1) is 11.3 Å². The number of hydrogen-bond donors (Lipinski definition) is 2. The number of methoxy groups -OCH3 is 1. The largest absolute Gasteiger partial charge is 0.455 e. The molecule has 3 rings (SSSR count). The van der Waals surface area contributed by atoms with Crippen molar-refractivity contribution in [1.29, 1.82) is 0 Å². The fourth-order valence-electron chi connectivity index (χ4n) is 5.46. The quantitative estimate of drug-likeness (QED) is 0.467. The molecule has 1 fully saturated rings. The van der Waals surface area contributed by atoms with Crippen LogP contribution in [0.1, 0.15) is 70.5 Å². The first-order valence-electron chi connectivity index (χ1n) is 12.4. The van der Waals surface area contributed by atoms with E-state index in [4.69, 9.17) is 9.47 Å². The van der Waals surface area contributed by atoms with E-state index in [2.05, 4.69) is 4.98 Å². The highest BCUT2D eigenvalue weighted by Gasteiger charge is 2.52. The van der Waals surface area contributed by atoms with Crippen LogP contribution in [-0.2, 0) is 19.1 Å². The topological polar surface area (TPSA) is 106 Å². The summed E-state index contributed by atoms with van der Waals surface area (Å²) < 4.78 is 11.6. The van der Waals surface area contributed by atoms with Crippen molar-refractivity contribution in [2.45, 2.75) is 91.1 Å². The van der Waals surface area contributed by atoms with Gasteiger partial charge in [0.05, 0.1) is 34.7 Å². The third-order valence-electron chi connectivity index (χ3n) is 7.64. The number of carbonyl (C=O) groups excluding carboxylic acids is 2. The van der Waals surface area contributed by atoms with Crippen molar-refractivity contribution in [1.82, 2.24) is 4.98 Å². The van der Waals surface area contributed by atoms with E-state index in [1.165, 1.54) is 0 Å². The van der Waals surface area contributed by atoms with Gasteiger partial charge in [-0.05, 0) is 64.0 Å². The molecule has 2 aliphatic rings. The Hall–Kier alpha value is -1.87.